The molecule has 136 valence electrons. The van der Waals surface area contributed by atoms with E-state index in [-0.39, 0.29) is 17.3 Å². The molecule has 0 saturated carbocycles. The van der Waals surface area contributed by atoms with Gasteiger partial charge in [0.1, 0.15) is 11.0 Å². The third kappa shape index (κ3) is 2.94. The van der Waals surface area contributed by atoms with Gasteiger partial charge in [0.25, 0.3) is 0 Å². The van der Waals surface area contributed by atoms with Crippen LogP contribution in [0.15, 0.2) is 45.4 Å². The maximum Gasteiger partial charge on any atom is 0.337 e. The summed E-state index contributed by atoms with van der Waals surface area (Å²) in [6, 6.07) is 5.14. The number of aliphatic carboxylic acids is 1. The number of carbonyl (C=O) groups excluding carboxylic acids is 1. The first-order valence-corrected chi connectivity index (χ1v) is 8.15. The summed E-state index contributed by atoms with van der Waals surface area (Å²) < 4.78 is 10.2. The van der Waals surface area contributed by atoms with Crippen LogP contribution in [0.3, 0.4) is 0 Å². The highest BCUT2D eigenvalue weighted by molar-refractivity contribution is 6.00. The van der Waals surface area contributed by atoms with Crippen LogP contribution >= 0.6 is 0 Å². The Morgan fingerprint density at radius 2 is 1.88 bits per heavy atom. The monoisotopic (exact) mass is 357 g/mol. The summed E-state index contributed by atoms with van der Waals surface area (Å²) in [7, 11) is 0. The first-order valence-electron chi connectivity index (χ1n) is 8.15. The fourth-order valence-corrected chi connectivity index (χ4v) is 3.20. The summed E-state index contributed by atoms with van der Waals surface area (Å²) in [5.74, 6) is -2.55. The molecule has 0 aliphatic carbocycles. The molecule has 3 rings (SSSR count). The lowest BCUT2D eigenvalue weighted by atomic mass is 9.80. The number of nitrogens with zero attached hydrogens (tertiary/aromatic N) is 2. The quantitative estimate of drug-likeness (QED) is 0.802. The van der Waals surface area contributed by atoms with Crippen molar-refractivity contribution in [3.63, 3.8) is 0 Å². The van der Waals surface area contributed by atoms with E-state index in [4.69, 9.17) is 9.37 Å². The van der Waals surface area contributed by atoms with Gasteiger partial charge < -0.3 is 15.2 Å². The van der Waals surface area contributed by atoms with Crippen molar-refractivity contribution in [2.45, 2.75) is 39.7 Å². The van der Waals surface area contributed by atoms with Gasteiger partial charge in [0.05, 0.1) is 23.2 Å². The number of dihydropyridines is 1. The van der Waals surface area contributed by atoms with E-state index in [0.29, 0.717) is 28.0 Å². The average Bonchev–Trinajstić information content (AvgIpc) is 3.01. The van der Waals surface area contributed by atoms with E-state index >= 15 is 0 Å². The highest BCUT2D eigenvalue weighted by Gasteiger charge is 2.38. The van der Waals surface area contributed by atoms with E-state index in [2.05, 4.69) is 15.6 Å². The van der Waals surface area contributed by atoms with Gasteiger partial charge in [-0.3, -0.25) is 0 Å². The number of esters is 1. The van der Waals surface area contributed by atoms with E-state index in [0.717, 1.165) is 0 Å². The van der Waals surface area contributed by atoms with Gasteiger partial charge in [0, 0.05) is 11.4 Å². The Bertz CT molecular complexity index is 955. The number of hydrogen-bond acceptors (Lipinski definition) is 7. The molecule has 1 aromatic carbocycles. The molecule has 1 aliphatic heterocycles. The van der Waals surface area contributed by atoms with Crippen LogP contribution in [0.5, 0.6) is 0 Å². The van der Waals surface area contributed by atoms with Crippen LogP contribution in [0.4, 0.5) is 0 Å². The predicted octanol–water partition coefficient (Wildman–Crippen LogP) is 2.49. The molecule has 1 aromatic heterocycles. The van der Waals surface area contributed by atoms with Crippen molar-refractivity contribution < 1.29 is 24.1 Å². The Balaban J connectivity index is 2.25. The Kier molecular flexibility index (Phi) is 4.50. The molecule has 0 saturated heterocycles. The molecule has 0 unspecified atom stereocenters. The standard InChI is InChI=1S/C18H19N3O5/c1-8(2)25-18(24)14-10(4)19-9(3)13(17(22)23)15(14)11-6-5-7-12-16(11)21-26-20-12/h5-8,15,19H,1-4H3,(H,22,23)/t15-/m0/s1. The number of carboxylic acid groups (broad SMARTS) is 1. The molecule has 1 atom stereocenters. The van der Waals surface area contributed by atoms with E-state index in [1.807, 2.05) is 0 Å². The number of ether oxygens (including phenoxy) is 1. The molecule has 0 spiro atoms. The van der Waals surface area contributed by atoms with E-state index in [9.17, 15) is 14.7 Å². The van der Waals surface area contributed by atoms with Crippen molar-refractivity contribution in [2.75, 3.05) is 0 Å². The minimum Gasteiger partial charge on any atom is -0.478 e. The van der Waals surface area contributed by atoms with Crippen LogP contribution in [0.1, 0.15) is 39.2 Å². The number of carbonyl (C=O) groups is 2. The number of nitrogens with one attached hydrogen (secondary N) is 1. The van der Waals surface area contributed by atoms with Gasteiger partial charge in [-0.25, -0.2) is 14.2 Å². The van der Waals surface area contributed by atoms with Gasteiger partial charge in [-0.2, -0.15) is 0 Å². The SMILES string of the molecule is CC1=C(C(=O)O)[C@H](c2cccc3nonc23)C(C(=O)OC(C)C)=C(C)N1. The lowest BCUT2D eigenvalue weighted by molar-refractivity contribution is -0.143. The molecule has 2 aromatic rings. The van der Waals surface area contributed by atoms with Gasteiger partial charge in [0.2, 0.25) is 0 Å². The Morgan fingerprint density at radius 3 is 2.54 bits per heavy atom. The number of rotatable bonds is 4. The number of aromatic nitrogens is 2. The Morgan fingerprint density at radius 1 is 1.19 bits per heavy atom. The van der Waals surface area contributed by atoms with Crippen LogP contribution in [0, 0.1) is 0 Å². The fourth-order valence-electron chi connectivity index (χ4n) is 3.20. The van der Waals surface area contributed by atoms with Gasteiger partial charge in [-0.05, 0) is 49.6 Å². The molecule has 8 nitrogen and oxygen atoms in total. The molecular weight excluding hydrogens is 338 g/mol. The third-order valence-corrected chi connectivity index (χ3v) is 4.18. The topological polar surface area (TPSA) is 115 Å². The van der Waals surface area contributed by atoms with Crippen LogP contribution in [0.2, 0.25) is 0 Å². The van der Waals surface area contributed by atoms with E-state index < -0.39 is 17.9 Å². The summed E-state index contributed by atoms with van der Waals surface area (Å²) in [6.45, 7) is 6.85. The van der Waals surface area contributed by atoms with Crippen LogP contribution in [-0.2, 0) is 14.3 Å². The zero-order valence-electron chi connectivity index (χ0n) is 14.9. The van der Waals surface area contributed by atoms with Crippen molar-refractivity contribution in [3.05, 3.63) is 46.3 Å². The molecule has 0 radical (unpaired) electrons. The molecule has 0 fully saturated rings. The second-order valence-electron chi connectivity index (χ2n) is 6.37. The molecule has 2 heterocycles. The summed E-state index contributed by atoms with van der Waals surface area (Å²) in [6.07, 6.45) is -0.340. The lowest BCUT2D eigenvalue weighted by Gasteiger charge is -2.30. The first-order chi connectivity index (χ1) is 12.3. The van der Waals surface area contributed by atoms with Gasteiger partial charge in [0.15, 0.2) is 0 Å². The average molecular weight is 357 g/mol. The minimum absolute atomic E-state index is 0.0572. The molecule has 0 amide bonds. The highest BCUT2D eigenvalue weighted by atomic mass is 16.6. The second-order valence-corrected chi connectivity index (χ2v) is 6.37. The number of allylic oxidation sites excluding steroid dienone is 2. The summed E-state index contributed by atoms with van der Waals surface area (Å²) in [5.41, 5.74) is 2.70. The summed E-state index contributed by atoms with van der Waals surface area (Å²) in [4.78, 5) is 24.7. The van der Waals surface area contributed by atoms with E-state index in [1.54, 1.807) is 45.9 Å². The Hall–Kier alpha value is -3.16. The molecule has 1 aliphatic rings. The molecule has 0 bridgehead atoms. The van der Waals surface area contributed by atoms with Crippen molar-refractivity contribution in [1.82, 2.24) is 15.6 Å². The predicted molar refractivity (Wildman–Crippen MR) is 91.9 cm³/mol. The van der Waals surface area contributed by atoms with Gasteiger partial charge >= 0.3 is 11.9 Å². The number of benzene rings is 1. The van der Waals surface area contributed by atoms with Crippen LogP contribution in [-0.4, -0.2) is 33.5 Å². The molecular formula is C18H19N3O5. The van der Waals surface area contributed by atoms with Gasteiger partial charge in [-0.1, -0.05) is 12.1 Å². The second kappa shape index (κ2) is 6.62. The van der Waals surface area contributed by atoms with Crippen molar-refractivity contribution in [1.29, 1.82) is 0 Å². The summed E-state index contributed by atoms with van der Waals surface area (Å²) >= 11 is 0. The van der Waals surface area contributed by atoms with Crippen LogP contribution < -0.4 is 5.32 Å². The highest BCUT2D eigenvalue weighted by Crippen LogP contribution is 2.40. The number of fused-ring (bicyclic) bond motifs is 1. The lowest BCUT2D eigenvalue weighted by Crippen LogP contribution is -2.32. The first kappa shape index (κ1) is 17.7. The summed E-state index contributed by atoms with van der Waals surface area (Å²) in [5, 5.41) is 20.5. The zero-order valence-corrected chi connectivity index (χ0v) is 14.9. The number of hydrogen-bond donors (Lipinski definition) is 2. The number of carboxylic acids is 1. The zero-order chi connectivity index (χ0) is 19.0. The maximum absolute atomic E-state index is 12.8. The fraction of sp³-hybridized carbons (Fsp3) is 0.333. The van der Waals surface area contributed by atoms with Crippen molar-refractivity contribution in [3.8, 4) is 0 Å². The van der Waals surface area contributed by atoms with Crippen molar-refractivity contribution >= 4 is 23.0 Å². The minimum atomic E-state index is -1.13. The smallest absolute Gasteiger partial charge is 0.337 e. The third-order valence-electron chi connectivity index (χ3n) is 4.18. The molecule has 8 heteroatoms. The van der Waals surface area contributed by atoms with Crippen LogP contribution in [0.25, 0.3) is 11.0 Å². The molecule has 26 heavy (non-hydrogen) atoms. The van der Waals surface area contributed by atoms with E-state index in [1.165, 1.54) is 0 Å². The van der Waals surface area contributed by atoms with Gasteiger partial charge in [-0.15, -0.1) is 0 Å². The molecule has 2 N–H and O–H groups in total. The normalized spacial score (nSPS) is 17.7. The Labute approximate surface area is 149 Å². The van der Waals surface area contributed by atoms with Crippen molar-refractivity contribution in [2.24, 2.45) is 0 Å². The largest absolute Gasteiger partial charge is 0.478 e. The maximum atomic E-state index is 12.8.